The fraction of sp³-hybridized carbons (Fsp3) is 0.441. The van der Waals surface area contributed by atoms with Gasteiger partial charge in [0.05, 0.1) is 23.7 Å². The Balaban J connectivity index is 1.50. The lowest BCUT2D eigenvalue weighted by molar-refractivity contribution is -0.144. The van der Waals surface area contributed by atoms with E-state index in [9.17, 15) is 19.5 Å². The number of carbonyl (C=O) groups is 3. The zero-order valence-electron chi connectivity index (χ0n) is 24.8. The number of benzene rings is 2. The Bertz CT molecular complexity index is 1340. The van der Waals surface area contributed by atoms with E-state index in [0.29, 0.717) is 50.3 Å². The lowest BCUT2D eigenvalue weighted by Gasteiger charge is -2.37. The number of anilines is 1. The number of likely N-dealkylation sites (tertiary alicyclic amines) is 1. The minimum Gasteiger partial charge on any atom is -0.497 e. The Morgan fingerprint density at radius 1 is 1.07 bits per heavy atom. The van der Waals surface area contributed by atoms with Gasteiger partial charge in [0, 0.05) is 43.7 Å². The molecule has 3 saturated heterocycles. The summed E-state index contributed by atoms with van der Waals surface area (Å²) in [6, 6.07) is 16.4. The summed E-state index contributed by atoms with van der Waals surface area (Å²) in [6.45, 7) is 9.23. The first-order valence-electron chi connectivity index (χ1n) is 15.0. The molecule has 3 aliphatic heterocycles. The topological polar surface area (TPSA) is 90.4 Å². The molecule has 43 heavy (non-hydrogen) atoms. The van der Waals surface area contributed by atoms with Crippen molar-refractivity contribution in [3.8, 4) is 5.75 Å². The van der Waals surface area contributed by atoms with E-state index >= 15 is 0 Å². The number of thioether (sulfide) groups is 1. The summed E-state index contributed by atoms with van der Waals surface area (Å²) in [6.07, 6.45) is 5.98. The van der Waals surface area contributed by atoms with Crippen molar-refractivity contribution in [2.75, 3.05) is 38.3 Å². The summed E-state index contributed by atoms with van der Waals surface area (Å²) in [5, 5.41) is 9.45. The van der Waals surface area contributed by atoms with Gasteiger partial charge in [0.15, 0.2) is 0 Å². The molecule has 228 valence electrons. The van der Waals surface area contributed by atoms with Crippen molar-refractivity contribution < 1.29 is 24.2 Å². The van der Waals surface area contributed by atoms with E-state index in [1.54, 1.807) is 45.7 Å². The highest BCUT2D eigenvalue weighted by molar-refractivity contribution is 8.02. The number of carbonyl (C=O) groups excluding carboxylic acids is 3. The van der Waals surface area contributed by atoms with Crippen LogP contribution < -0.4 is 9.64 Å². The normalized spacial score (nSPS) is 25.3. The zero-order chi connectivity index (χ0) is 30.6. The van der Waals surface area contributed by atoms with E-state index in [-0.39, 0.29) is 36.1 Å². The maximum Gasteiger partial charge on any atom is 0.251 e. The van der Waals surface area contributed by atoms with Crippen molar-refractivity contribution in [1.82, 2.24) is 9.80 Å². The van der Waals surface area contributed by atoms with Crippen molar-refractivity contribution in [2.45, 2.75) is 48.3 Å². The van der Waals surface area contributed by atoms with Crippen LogP contribution in [0.15, 0.2) is 79.9 Å². The predicted octanol–water partition coefficient (Wildman–Crippen LogP) is 4.29. The quantitative estimate of drug-likeness (QED) is 0.256. The lowest BCUT2D eigenvalue weighted by atomic mass is 9.70. The van der Waals surface area contributed by atoms with Gasteiger partial charge in [-0.25, -0.2) is 0 Å². The molecule has 2 unspecified atom stereocenters. The van der Waals surface area contributed by atoms with Gasteiger partial charge in [-0.05, 0) is 55.5 Å². The van der Waals surface area contributed by atoms with E-state index in [2.05, 4.69) is 13.2 Å². The van der Waals surface area contributed by atoms with Gasteiger partial charge in [0.25, 0.3) is 5.91 Å². The maximum atomic E-state index is 14.6. The molecule has 3 aliphatic rings. The van der Waals surface area contributed by atoms with E-state index in [0.717, 1.165) is 12.0 Å². The molecule has 0 radical (unpaired) electrons. The first-order chi connectivity index (χ1) is 20.9. The second-order valence-corrected chi connectivity index (χ2v) is 13.0. The molecular formula is C34H41N3O5S. The number of amides is 3. The van der Waals surface area contributed by atoms with Gasteiger partial charge in [0.1, 0.15) is 11.8 Å². The number of fused-ring (bicyclic) bond motifs is 1. The molecule has 2 aromatic rings. The number of aliphatic hydroxyl groups excluding tert-OH is 1. The highest BCUT2D eigenvalue weighted by Gasteiger charge is 2.74. The van der Waals surface area contributed by atoms with Crippen LogP contribution in [0.1, 0.15) is 31.2 Å². The molecule has 2 aromatic carbocycles. The number of nitrogens with zero attached hydrogens (tertiary/aromatic N) is 3. The third-order valence-electron chi connectivity index (χ3n) is 8.97. The van der Waals surface area contributed by atoms with Crippen LogP contribution in [0.3, 0.4) is 0 Å². The van der Waals surface area contributed by atoms with Gasteiger partial charge in [-0.1, -0.05) is 42.5 Å². The number of hydrogen-bond acceptors (Lipinski definition) is 6. The third kappa shape index (κ3) is 5.72. The third-order valence-corrected chi connectivity index (χ3v) is 10.9. The maximum absolute atomic E-state index is 14.6. The Morgan fingerprint density at radius 3 is 2.44 bits per heavy atom. The molecule has 0 aliphatic carbocycles. The summed E-state index contributed by atoms with van der Waals surface area (Å²) < 4.78 is 4.62. The highest BCUT2D eigenvalue weighted by Crippen LogP contribution is 2.66. The van der Waals surface area contributed by atoms with Gasteiger partial charge in [-0.2, -0.15) is 0 Å². The summed E-state index contributed by atoms with van der Waals surface area (Å²) in [5.41, 5.74) is 1.71. The van der Waals surface area contributed by atoms with Crippen LogP contribution in [0, 0.1) is 11.8 Å². The Labute approximate surface area is 258 Å². The van der Waals surface area contributed by atoms with Crippen LogP contribution in [-0.4, -0.2) is 82.0 Å². The number of methoxy groups -OCH3 is 1. The van der Waals surface area contributed by atoms with Crippen molar-refractivity contribution in [3.05, 3.63) is 85.5 Å². The van der Waals surface area contributed by atoms with E-state index in [4.69, 9.17) is 4.74 Å². The van der Waals surface area contributed by atoms with Crippen LogP contribution in [0.5, 0.6) is 5.75 Å². The van der Waals surface area contributed by atoms with Gasteiger partial charge < -0.3 is 24.5 Å². The highest BCUT2D eigenvalue weighted by atomic mass is 32.2. The fourth-order valence-electron chi connectivity index (χ4n) is 7.11. The molecule has 5 rings (SSSR count). The molecule has 1 spiro atoms. The molecule has 9 heteroatoms. The number of ether oxygens (including phenoxy) is 1. The average Bonchev–Trinajstić information content (AvgIpc) is 3.67. The van der Waals surface area contributed by atoms with Crippen LogP contribution >= 0.6 is 11.8 Å². The zero-order valence-corrected chi connectivity index (χ0v) is 25.6. The van der Waals surface area contributed by atoms with Crippen molar-refractivity contribution >= 4 is 35.2 Å². The van der Waals surface area contributed by atoms with E-state index in [1.165, 1.54) is 0 Å². The van der Waals surface area contributed by atoms with Gasteiger partial charge in [-0.3, -0.25) is 14.4 Å². The van der Waals surface area contributed by atoms with Crippen molar-refractivity contribution in [1.29, 1.82) is 0 Å². The van der Waals surface area contributed by atoms with Crippen LogP contribution in [-0.2, 0) is 20.9 Å². The number of rotatable bonds is 14. The van der Waals surface area contributed by atoms with Gasteiger partial charge in [-0.15, -0.1) is 24.9 Å². The van der Waals surface area contributed by atoms with Gasteiger partial charge >= 0.3 is 0 Å². The summed E-state index contributed by atoms with van der Waals surface area (Å²) in [4.78, 5) is 48.5. The van der Waals surface area contributed by atoms with Crippen LogP contribution in [0.2, 0.25) is 0 Å². The molecule has 8 nitrogen and oxygen atoms in total. The smallest absolute Gasteiger partial charge is 0.251 e. The standard InChI is InChI=1S/C34H41N3O5S/c1-4-19-35(23-24-11-7-6-8-12-24)31(39)28-27-17-18-34(43-27)29(28)32(40)37(21-9-10-22-38)30(34)33(41)36(20-5-2)25-13-15-26(42-3)16-14-25/h4-8,11-16,27-30,38H,1-2,9-10,17-23H2,3H3/t27-,28+,29+,30?,34?/m1/s1. The van der Waals surface area contributed by atoms with Gasteiger partial charge in [0.2, 0.25) is 11.8 Å². The van der Waals surface area contributed by atoms with Crippen molar-refractivity contribution in [3.63, 3.8) is 0 Å². The number of hydrogen-bond donors (Lipinski definition) is 1. The summed E-state index contributed by atoms with van der Waals surface area (Å²) >= 11 is 1.67. The number of unbranched alkanes of at least 4 members (excludes halogenated alkanes) is 1. The molecule has 5 atom stereocenters. The molecule has 0 aromatic heterocycles. The largest absolute Gasteiger partial charge is 0.497 e. The Hall–Kier alpha value is -3.56. The first kappa shape index (κ1) is 30.9. The molecule has 3 amide bonds. The van der Waals surface area contributed by atoms with Crippen LogP contribution in [0.25, 0.3) is 0 Å². The molecule has 1 N–H and O–H groups in total. The molecule has 3 fully saturated rings. The summed E-state index contributed by atoms with van der Waals surface area (Å²) in [5.74, 6) is -0.767. The predicted molar refractivity (Wildman–Crippen MR) is 170 cm³/mol. The lowest BCUT2D eigenvalue weighted by Crippen LogP contribution is -2.55. The Morgan fingerprint density at radius 2 is 1.79 bits per heavy atom. The van der Waals surface area contributed by atoms with Crippen LogP contribution in [0.4, 0.5) is 5.69 Å². The van der Waals surface area contributed by atoms with E-state index in [1.807, 2.05) is 54.6 Å². The Kier molecular flexibility index (Phi) is 9.62. The minimum absolute atomic E-state index is 0.0115. The molecule has 3 heterocycles. The monoisotopic (exact) mass is 603 g/mol. The second kappa shape index (κ2) is 13.4. The fourth-order valence-corrected chi connectivity index (χ4v) is 9.32. The second-order valence-electron chi connectivity index (χ2n) is 11.4. The SMILES string of the molecule is C=CCN(Cc1ccccc1)C(=O)[C@@H]1[C@H]2C(=O)N(CCCCO)C(C(=O)N(CC=C)c3ccc(OC)cc3)C23CC[C@H]1S3. The molecule has 2 bridgehead atoms. The van der Waals surface area contributed by atoms with Crippen molar-refractivity contribution in [2.24, 2.45) is 11.8 Å². The summed E-state index contributed by atoms with van der Waals surface area (Å²) in [7, 11) is 1.59. The molecule has 0 saturated carbocycles. The minimum atomic E-state index is -0.722. The molecular weight excluding hydrogens is 562 g/mol. The first-order valence-corrected chi connectivity index (χ1v) is 15.9. The number of aliphatic hydroxyl groups is 1. The van der Waals surface area contributed by atoms with E-state index < -0.39 is 22.6 Å². The average molecular weight is 604 g/mol.